The maximum atomic E-state index is 13.1. The highest BCUT2D eigenvalue weighted by Gasteiger charge is 2.36. The van der Waals surface area contributed by atoms with Gasteiger partial charge >= 0.3 is 0 Å². The van der Waals surface area contributed by atoms with Crippen molar-refractivity contribution in [3.63, 3.8) is 0 Å². The SMILES string of the molecule is CN(Cc1cn[nH]c1-c1ccc(F)cc1)C(=O)[C@H]1C[C@H](N)[C@@H](O)C1. The molecule has 1 aromatic heterocycles. The van der Waals surface area contributed by atoms with Gasteiger partial charge < -0.3 is 15.7 Å². The van der Waals surface area contributed by atoms with Gasteiger partial charge in [0, 0.05) is 36.7 Å². The van der Waals surface area contributed by atoms with Crippen molar-refractivity contribution in [1.82, 2.24) is 15.1 Å². The summed E-state index contributed by atoms with van der Waals surface area (Å²) < 4.78 is 13.1. The van der Waals surface area contributed by atoms with E-state index in [1.807, 2.05) is 0 Å². The van der Waals surface area contributed by atoms with E-state index >= 15 is 0 Å². The number of hydrogen-bond acceptors (Lipinski definition) is 4. The van der Waals surface area contributed by atoms with Crippen molar-refractivity contribution in [2.24, 2.45) is 11.7 Å². The van der Waals surface area contributed by atoms with Gasteiger partial charge in [0.05, 0.1) is 18.0 Å². The molecule has 0 spiro atoms. The van der Waals surface area contributed by atoms with E-state index in [4.69, 9.17) is 5.73 Å². The van der Waals surface area contributed by atoms with Crippen molar-refractivity contribution in [3.8, 4) is 11.3 Å². The molecular formula is C17H21FN4O2. The molecule has 6 nitrogen and oxygen atoms in total. The van der Waals surface area contributed by atoms with Gasteiger partial charge in [-0.3, -0.25) is 9.89 Å². The maximum absolute atomic E-state index is 13.1. The van der Waals surface area contributed by atoms with Crippen LogP contribution in [-0.2, 0) is 11.3 Å². The third kappa shape index (κ3) is 3.32. The Hall–Kier alpha value is -2.25. The number of aromatic nitrogens is 2. The molecule has 0 unspecified atom stereocenters. The van der Waals surface area contributed by atoms with Crippen molar-refractivity contribution in [3.05, 3.63) is 41.8 Å². The molecule has 128 valence electrons. The van der Waals surface area contributed by atoms with Gasteiger partial charge in [-0.2, -0.15) is 5.10 Å². The number of aliphatic hydroxyl groups is 1. The summed E-state index contributed by atoms with van der Waals surface area (Å²) >= 11 is 0. The molecular weight excluding hydrogens is 311 g/mol. The third-order valence-electron chi connectivity index (χ3n) is 4.56. The number of halogens is 1. The van der Waals surface area contributed by atoms with Crippen LogP contribution in [0, 0.1) is 11.7 Å². The lowest BCUT2D eigenvalue weighted by molar-refractivity contribution is -0.134. The summed E-state index contributed by atoms with van der Waals surface area (Å²) in [6, 6.07) is 5.77. The van der Waals surface area contributed by atoms with Crippen molar-refractivity contribution in [1.29, 1.82) is 0 Å². The van der Waals surface area contributed by atoms with Crippen LogP contribution in [0.25, 0.3) is 11.3 Å². The fourth-order valence-corrected chi connectivity index (χ4v) is 3.19. The molecule has 3 rings (SSSR count). The van der Waals surface area contributed by atoms with Crippen LogP contribution in [0.15, 0.2) is 30.5 Å². The third-order valence-corrected chi connectivity index (χ3v) is 4.56. The summed E-state index contributed by atoms with van der Waals surface area (Å²) in [7, 11) is 1.72. The predicted octanol–water partition coefficient (Wildman–Crippen LogP) is 1.27. The zero-order chi connectivity index (χ0) is 17.3. The standard InChI is InChI=1S/C17H21FN4O2/c1-22(17(24)11-6-14(19)15(23)7-11)9-12-8-20-21-16(12)10-2-4-13(18)5-3-10/h2-5,8,11,14-15,23H,6-7,9,19H2,1H3,(H,20,21)/t11-,14-,15-/m0/s1. The lowest BCUT2D eigenvalue weighted by Crippen LogP contribution is -2.32. The van der Waals surface area contributed by atoms with Gasteiger partial charge in [-0.25, -0.2) is 4.39 Å². The number of H-pyrrole nitrogens is 1. The molecule has 1 fully saturated rings. The molecule has 1 heterocycles. The highest BCUT2D eigenvalue weighted by atomic mass is 19.1. The zero-order valence-corrected chi connectivity index (χ0v) is 13.4. The Morgan fingerprint density at radius 3 is 2.75 bits per heavy atom. The quantitative estimate of drug-likeness (QED) is 0.786. The second kappa shape index (κ2) is 6.70. The Morgan fingerprint density at radius 2 is 2.12 bits per heavy atom. The van der Waals surface area contributed by atoms with Crippen LogP contribution < -0.4 is 5.73 Å². The molecule has 7 heteroatoms. The fraction of sp³-hybridized carbons (Fsp3) is 0.412. The number of hydrogen-bond donors (Lipinski definition) is 3. The molecule has 0 saturated heterocycles. The molecule has 1 amide bonds. The molecule has 0 aliphatic heterocycles. The van der Waals surface area contributed by atoms with E-state index in [0.717, 1.165) is 16.8 Å². The summed E-state index contributed by atoms with van der Waals surface area (Å²) in [5.41, 5.74) is 8.21. The molecule has 0 bridgehead atoms. The number of carbonyl (C=O) groups excluding carboxylic acids is 1. The Labute approximate surface area is 139 Å². The molecule has 1 aromatic carbocycles. The van der Waals surface area contributed by atoms with Crippen LogP contribution in [0.1, 0.15) is 18.4 Å². The van der Waals surface area contributed by atoms with Gasteiger partial charge in [0.2, 0.25) is 5.91 Å². The van der Waals surface area contributed by atoms with Crippen LogP contribution in [0.2, 0.25) is 0 Å². The molecule has 3 atom stereocenters. The smallest absolute Gasteiger partial charge is 0.225 e. The summed E-state index contributed by atoms with van der Waals surface area (Å²) in [5.74, 6) is -0.585. The second-order valence-electron chi connectivity index (χ2n) is 6.37. The number of nitrogens with one attached hydrogen (secondary N) is 1. The molecule has 1 saturated carbocycles. The number of amides is 1. The number of aliphatic hydroxyl groups excluding tert-OH is 1. The summed E-state index contributed by atoms with van der Waals surface area (Å²) in [4.78, 5) is 14.2. The van der Waals surface area contributed by atoms with Crippen molar-refractivity contribution in [2.45, 2.75) is 31.5 Å². The van der Waals surface area contributed by atoms with Gasteiger partial charge in [-0.1, -0.05) is 0 Å². The van der Waals surface area contributed by atoms with Gasteiger partial charge in [-0.15, -0.1) is 0 Å². The topological polar surface area (TPSA) is 95.2 Å². The first-order chi connectivity index (χ1) is 11.5. The molecule has 2 aromatic rings. The van der Waals surface area contributed by atoms with E-state index in [-0.39, 0.29) is 23.7 Å². The first kappa shape index (κ1) is 16.6. The number of benzene rings is 1. The van der Waals surface area contributed by atoms with E-state index in [2.05, 4.69) is 10.2 Å². The van der Waals surface area contributed by atoms with Crippen LogP contribution in [0.3, 0.4) is 0 Å². The van der Waals surface area contributed by atoms with E-state index in [1.54, 1.807) is 30.3 Å². The Morgan fingerprint density at radius 1 is 1.42 bits per heavy atom. The van der Waals surface area contributed by atoms with Crippen molar-refractivity contribution in [2.75, 3.05) is 7.05 Å². The van der Waals surface area contributed by atoms with Crippen molar-refractivity contribution < 1.29 is 14.3 Å². The average Bonchev–Trinajstić information content (AvgIpc) is 3.14. The molecule has 0 radical (unpaired) electrons. The second-order valence-corrected chi connectivity index (χ2v) is 6.37. The van der Waals surface area contributed by atoms with E-state index < -0.39 is 6.10 Å². The number of rotatable bonds is 4. The lowest BCUT2D eigenvalue weighted by atomic mass is 10.0. The fourth-order valence-electron chi connectivity index (χ4n) is 3.19. The monoisotopic (exact) mass is 332 g/mol. The van der Waals surface area contributed by atoms with E-state index in [0.29, 0.717) is 19.4 Å². The van der Waals surface area contributed by atoms with Gasteiger partial charge in [-0.05, 0) is 37.1 Å². The lowest BCUT2D eigenvalue weighted by Gasteiger charge is -2.21. The molecule has 24 heavy (non-hydrogen) atoms. The van der Waals surface area contributed by atoms with Gasteiger partial charge in [0.15, 0.2) is 0 Å². The number of carbonyl (C=O) groups is 1. The maximum Gasteiger partial charge on any atom is 0.225 e. The van der Waals surface area contributed by atoms with Gasteiger partial charge in [0.1, 0.15) is 5.82 Å². The Kier molecular flexibility index (Phi) is 4.64. The van der Waals surface area contributed by atoms with Crippen molar-refractivity contribution >= 4 is 5.91 Å². The average molecular weight is 332 g/mol. The zero-order valence-electron chi connectivity index (χ0n) is 13.4. The van der Waals surface area contributed by atoms with Gasteiger partial charge in [0.25, 0.3) is 0 Å². The summed E-state index contributed by atoms with van der Waals surface area (Å²) in [6.45, 7) is 0.379. The molecule has 4 N–H and O–H groups in total. The first-order valence-corrected chi connectivity index (χ1v) is 7.92. The Balaban J connectivity index is 1.71. The number of nitrogens with two attached hydrogens (primary N) is 1. The highest BCUT2D eigenvalue weighted by Crippen LogP contribution is 2.28. The molecule has 1 aliphatic carbocycles. The Bertz CT molecular complexity index is 706. The van der Waals surface area contributed by atoms with Crippen LogP contribution in [-0.4, -0.2) is 45.3 Å². The number of aromatic amines is 1. The minimum atomic E-state index is -0.615. The highest BCUT2D eigenvalue weighted by molar-refractivity contribution is 5.79. The van der Waals surface area contributed by atoms with E-state index in [1.165, 1.54) is 12.1 Å². The first-order valence-electron chi connectivity index (χ1n) is 7.92. The van der Waals surface area contributed by atoms with Crippen LogP contribution in [0.4, 0.5) is 4.39 Å². The largest absolute Gasteiger partial charge is 0.391 e. The minimum Gasteiger partial charge on any atom is -0.391 e. The summed E-state index contributed by atoms with van der Waals surface area (Å²) in [6.07, 6.45) is 1.95. The predicted molar refractivity (Wildman–Crippen MR) is 87.2 cm³/mol. The minimum absolute atomic E-state index is 0.0340. The van der Waals surface area contributed by atoms with Crippen LogP contribution >= 0.6 is 0 Å². The molecule has 1 aliphatic rings. The summed E-state index contributed by atoms with van der Waals surface area (Å²) in [5, 5.41) is 16.7. The number of nitrogens with zero attached hydrogens (tertiary/aromatic N) is 2. The van der Waals surface area contributed by atoms with Crippen LogP contribution in [0.5, 0.6) is 0 Å². The van der Waals surface area contributed by atoms with E-state index in [9.17, 15) is 14.3 Å². The normalized spacial score (nSPS) is 23.4.